The third-order valence-electron chi connectivity index (χ3n) is 4.10. The summed E-state index contributed by atoms with van der Waals surface area (Å²) < 4.78 is 5.61. The number of hydrogen-bond acceptors (Lipinski definition) is 6. The number of aryl methyl sites for hydroxylation is 1. The van der Waals surface area contributed by atoms with Crippen molar-refractivity contribution in [2.75, 3.05) is 13.1 Å². The molecule has 1 aliphatic heterocycles. The van der Waals surface area contributed by atoms with E-state index in [0.717, 1.165) is 54.8 Å². The number of hydrogen-bond donors (Lipinski definition) is 1. The van der Waals surface area contributed by atoms with E-state index in [1.54, 1.807) is 11.3 Å². The summed E-state index contributed by atoms with van der Waals surface area (Å²) >= 11 is 1.65. The van der Waals surface area contributed by atoms with Gasteiger partial charge in [0, 0.05) is 17.6 Å². The maximum absolute atomic E-state index is 5.61. The Morgan fingerprint density at radius 3 is 3.00 bits per heavy atom. The first kappa shape index (κ1) is 14.7. The van der Waals surface area contributed by atoms with E-state index in [4.69, 9.17) is 4.52 Å². The van der Waals surface area contributed by atoms with Crippen molar-refractivity contribution in [1.82, 2.24) is 20.4 Å². The van der Waals surface area contributed by atoms with Gasteiger partial charge in [-0.15, -0.1) is 11.3 Å². The summed E-state index contributed by atoms with van der Waals surface area (Å²) in [4.78, 5) is 9.14. The number of thiazole rings is 1. The molecule has 6 heteroatoms. The van der Waals surface area contributed by atoms with Crippen LogP contribution in [0.15, 0.2) is 9.90 Å². The van der Waals surface area contributed by atoms with Gasteiger partial charge in [-0.05, 0) is 32.7 Å². The van der Waals surface area contributed by atoms with Crippen molar-refractivity contribution in [2.24, 2.45) is 0 Å². The quantitative estimate of drug-likeness (QED) is 0.920. The molecule has 3 rings (SSSR count). The number of rotatable bonds is 5. The molecule has 21 heavy (non-hydrogen) atoms. The summed E-state index contributed by atoms with van der Waals surface area (Å²) in [6.45, 7) is 6.25. The maximum atomic E-state index is 5.61. The van der Waals surface area contributed by atoms with Gasteiger partial charge in [0.1, 0.15) is 5.01 Å². The van der Waals surface area contributed by atoms with E-state index in [-0.39, 0.29) is 5.41 Å². The molecule has 1 atom stereocenters. The molecule has 0 aliphatic carbocycles. The first-order chi connectivity index (χ1) is 10.2. The molecule has 2 aromatic rings. The lowest BCUT2D eigenvalue weighted by Gasteiger charge is -2.34. The molecule has 2 aromatic heterocycles. The largest absolute Gasteiger partial charge is 0.339 e. The lowest BCUT2D eigenvalue weighted by molar-refractivity contribution is 0.213. The van der Waals surface area contributed by atoms with E-state index in [1.807, 2.05) is 6.92 Å². The molecule has 0 radical (unpaired) electrons. The normalized spacial score (nSPS) is 22.6. The molecule has 1 unspecified atom stereocenters. The fourth-order valence-electron chi connectivity index (χ4n) is 3.11. The van der Waals surface area contributed by atoms with Gasteiger partial charge in [-0.1, -0.05) is 18.5 Å². The Hall–Kier alpha value is -1.27. The Balaban J connectivity index is 1.78. The van der Waals surface area contributed by atoms with Crippen LogP contribution in [0.1, 0.15) is 55.0 Å². The average molecular weight is 306 g/mol. The van der Waals surface area contributed by atoms with Crippen LogP contribution in [0.5, 0.6) is 0 Å². The van der Waals surface area contributed by atoms with E-state index >= 15 is 0 Å². The SMILES string of the molecule is CCCC1(c2nc(Cc3nc(C)cs3)no2)CCCNC1. The standard InChI is InChI=1S/C15H22N4OS/c1-3-5-15(6-4-7-16-10-15)14-18-12(19-20-14)8-13-17-11(2)9-21-13/h9,16H,3-8,10H2,1-2H3. The fourth-order valence-corrected chi connectivity index (χ4v) is 3.88. The van der Waals surface area contributed by atoms with Gasteiger partial charge in [0.15, 0.2) is 5.82 Å². The van der Waals surface area contributed by atoms with Crippen LogP contribution in [0, 0.1) is 6.92 Å². The first-order valence-corrected chi connectivity index (χ1v) is 8.54. The molecule has 1 aliphatic rings. The van der Waals surface area contributed by atoms with E-state index in [0.29, 0.717) is 6.42 Å². The molecule has 3 heterocycles. The van der Waals surface area contributed by atoms with Gasteiger partial charge < -0.3 is 9.84 Å². The molecule has 0 saturated carbocycles. The molecular formula is C15H22N4OS. The van der Waals surface area contributed by atoms with E-state index in [9.17, 15) is 0 Å². The summed E-state index contributed by atoms with van der Waals surface area (Å²) in [6, 6.07) is 0. The second kappa shape index (κ2) is 6.23. The highest BCUT2D eigenvalue weighted by Crippen LogP contribution is 2.34. The highest BCUT2D eigenvalue weighted by Gasteiger charge is 2.38. The predicted molar refractivity (Wildman–Crippen MR) is 82.6 cm³/mol. The minimum absolute atomic E-state index is 0.0248. The van der Waals surface area contributed by atoms with Gasteiger partial charge in [-0.25, -0.2) is 4.98 Å². The number of nitrogens with one attached hydrogen (secondary N) is 1. The second-order valence-corrected chi connectivity index (χ2v) is 6.83. The van der Waals surface area contributed by atoms with E-state index < -0.39 is 0 Å². The molecule has 1 N–H and O–H groups in total. The second-order valence-electron chi connectivity index (χ2n) is 5.89. The van der Waals surface area contributed by atoms with Crippen molar-refractivity contribution in [2.45, 2.75) is 51.4 Å². The van der Waals surface area contributed by atoms with Crippen LogP contribution in [-0.2, 0) is 11.8 Å². The van der Waals surface area contributed by atoms with Gasteiger partial charge in [0.05, 0.1) is 11.8 Å². The van der Waals surface area contributed by atoms with Crippen LogP contribution in [0.3, 0.4) is 0 Å². The van der Waals surface area contributed by atoms with Crippen LogP contribution in [-0.4, -0.2) is 28.2 Å². The van der Waals surface area contributed by atoms with Crippen molar-refractivity contribution in [3.8, 4) is 0 Å². The third kappa shape index (κ3) is 3.16. The molecule has 1 fully saturated rings. The van der Waals surface area contributed by atoms with Crippen molar-refractivity contribution >= 4 is 11.3 Å². The van der Waals surface area contributed by atoms with Crippen molar-refractivity contribution in [1.29, 1.82) is 0 Å². The highest BCUT2D eigenvalue weighted by atomic mass is 32.1. The van der Waals surface area contributed by atoms with Gasteiger partial charge in [-0.3, -0.25) is 0 Å². The zero-order valence-electron chi connectivity index (χ0n) is 12.7. The first-order valence-electron chi connectivity index (χ1n) is 7.67. The molecule has 0 bridgehead atoms. The Bertz CT molecular complexity index is 581. The van der Waals surface area contributed by atoms with Gasteiger partial charge >= 0.3 is 0 Å². The number of nitrogens with zero attached hydrogens (tertiary/aromatic N) is 3. The Morgan fingerprint density at radius 1 is 1.43 bits per heavy atom. The van der Waals surface area contributed by atoms with Crippen molar-refractivity contribution < 1.29 is 4.52 Å². The van der Waals surface area contributed by atoms with Gasteiger partial charge in [-0.2, -0.15) is 4.98 Å². The van der Waals surface area contributed by atoms with Gasteiger partial charge in [0.2, 0.25) is 5.89 Å². The summed E-state index contributed by atoms with van der Waals surface area (Å²) in [7, 11) is 0. The molecule has 0 amide bonds. The van der Waals surface area contributed by atoms with Crippen LogP contribution in [0.25, 0.3) is 0 Å². The highest BCUT2D eigenvalue weighted by molar-refractivity contribution is 7.09. The molecule has 0 spiro atoms. The van der Waals surface area contributed by atoms with Crippen molar-refractivity contribution in [3.63, 3.8) is 0 Å². The minimum atomic E-state index is 0.0248. The summed E-state index contributed by atoms with van der Waals surface area (Å²) in [5.74, 6) is 1.56. The molecule has 5 nitrogen and oxygen atoms in total. The van der Waals surface area contributed by atoms with Crippen LogP contribution < -0.4 is 5.32 Å². The summed E-state index contributed by atoms with van der Waals surface area (Å²) in [6.07, 6.45) is 5.19. The summed E-state index contributed by atoms with van der Waals surface area (Å²) in [5.41, 5.74) is 1.08. The minimum Gasteiger partial charge on any atom is -0.339 e. The lowest BCUT2D eigenvalue weighted by atomic mass is 9.77. The molecule has 1 saturated heterocycles. The number of aromatic nitrogens is 3. The van der Waals surface area contributed by atoms with Gasteiger partial charge in [0.25, 0.3) is 0 Å². The monoisotopic (exact) mass is 306 g/mol. The van der Waals surface area contributed by atoms with Crippen LogP contribution in [0.4, 0.5) is 0 Å². The summed E-state index contributed by atoms with van der Waals surface area (Å²) in [5, 5.41) is 10.8. The zero-order chi connectivity index (χ0) is 14.7. The van der Waals surface area contributed by atoms with E-state index in [2.05, 4.69) is 32.7 Å². The van der Waals surface area contributed by atoms with E-state index in [1.165, 1.54) is 6.42 Å². The van der Waals surface area contributed by atoms with Crippen molar-refractivity contribution in [3.05, 3.63) is 27.8 Å². The molecular weight excluding hydrogens is 284 g/mol. The molecule has 0 aromatic carbocycles. The topological polar surface area (TPSA) is 63.8 Å². The average Bonchev–Trinajstić information content (AvgIpc) is 3.10. The predicted octanol–water partition coefficient (Wildman–Crippen LogP) is 2.85. The lowest BCUT2D eigenvalue weighted by Crippen LogP contribution is -2.43. The van der Waals surface area contributed by atoms with Crippen LogP contribution >= 0.6 is 11.3 Å². The smallest absolute Gasteiger partial charge is 0.234 e. The fraction of sp³-hybridized carbons (Fsp3) is 0.667. The third-order valence-corrected chi connectivity index (χ3v) is 5.07. The maximum Gasteiger partial charge on any atom is 0.234 e. The Labute approximate surface area is 129 Å². The Kier molecular flexibility index (Phi) is 4.35. The van der Waals surface area contributed by atoms with Crippen LogP contribution in [0.2, 0.25) is 0 Å². The number of piperidine rings is 1. The zero-order valence-corrected chi connectivity index (χ0v) is 13.5. The Morgan fingerprint density at radius 2 is 2.33 bits per heavy atom. The molecule has 114 valence electrons.